The Morgan fingerprint density at radius 2 is 2.00 bits per heavy atom. The van der Waals surface area contributed by atoms with E-state index in [9.17, 15) is 4.79 Å². The van der Waals surface area contributed by atoms with Gasteiger partial charge in [-0.05, 0) is 33.1 Å². The van der Waals surface area contributed by atoms with Gasteiger partial charge in [0.1, 0.15) is 6.42 Å². The van der Waals surface area contributed by atoms with Crippen molar-refractivity contribution in [2.75, 3.05) is 0 Å². The van der Waals surface area contributed by atoms with Gasteiger partial charge < -0.3 is 4.90 Å². The van der Waals surface area contributed by atoms with E-state index in [0.717, 1.165) is 12.8 Å². The van der Waals surface area contributed by atoms with E-state index in [1.54, 1.807) is 0 Å². The first-order valence-corrected chi connectivity index (χ1v) is 4.85. The van der Waals surface area contributed by atoms with Gasteiger partial charge in [0.25, 0.3) is 0 Å². The lowest BCUT2D eigenvalue weighted by molar-refractivity contribution is -0.136. The number of nitriles is 1. The van der Waals surface area contributed by atoms with Crippen molar-refractivity contribution in [3.8, 4) is 6.07 Å². The Balaban J connectivity index is 2.63. The normalized spacial score (nSPS) is 28.2. The zero-order valence-corrected chi connectivity index (χ0v) is 8.29. The van der Waals surface area contributed by atoms with Gasteiger partial charge in [0, 0.05) is 12.1 Å². The molecule has 1 heterocycles. The van der Waals surface area contributed by atoms with Gasteiger partial charge in [-0.3, -0.25) is 4.79 Å². The van der Waals surface area contributed by atoms with Crippen LogP contribution in [0.1, 0.15) is 39.5 Å². The summed E-state index contributed by atoms with van der Waals surface area (Å²) < 4.78 is 0. The van der Waals surface area contributed by atoms with E-state index in [-0.39, 0.29) is 12.3 Å². The molecular formula is C10H16N2O. The number of hydrogen-bond donors (Lipinski definition) is 0. The molecule has 1 aliphatic heterocycles. The third-order valence-corrected chi connectivity index (χ3v) is 2.71. The van der Waals surface area contributed by atoms with Crippen molar-refractivity contribution < 1.29 is 4.79 Å². The molecule has 2 atom stereocenters. The first kappa shape index (κ1) is 10.0. The van der Waals surface area contributed by atoms with Crippen molar-refractivity contribution in [2.24, 2.45) is 0 Å². The Bertz CT molecular complexity index is 222. The summed E-state index contributed by atoms with van der Waals surface area (Å²) >= 11 is 0. The summed E-state index contributed by atoms with van der Waals surface area (Å²) in [4.78, 5) is 13.4. The molecule has 0 radical (unpaired) electrons. The molecule has 0 spiro atoms. The van der Waals surface area contributed by atoms with Crippen LogP contribution in [0.3, 0.4) is 0 Å². The molecule has 3 heteroatoms. The number of rotatable bonds is 1. The number of likely N-dealkylation sites (tertiary alicyclic amines) is 1. The number of amides is 1. The van der Waals surface area contributed by atoms with Gasteiger partial charge in [-0.15, -0.1) is 0 Å². The maximum absolute atomic E-state index is 11.5. The molecule has 0 aromatic heterocycles. The third-order valence-electron chi connectivity index (χ3n) is 2.71. The molecule has 0 bridgehead atoms. The second-order valence-corrected chi connectivity index (χ2v) is 3.76. The Morgan fingerprint density at radius 3 is 2.46 bits per heavy atom. The van der Waals surface area contributed by atoms with E-state index in [4.69, 9.17) is 5.26 Å². The van der Waals surface area contributed by atoms with Crippen molar-refractivity contribution in [2.45, 2.75) is 51.6 Å². The summed E-state index contributed by atoms with van der Waals surface area (Å²) in [5.74, 6) is -0.0119. The summed E-state index contributed by atoms with van der Waals surface area (Å²) in [6.45, 7) is 4.12. The van der Waals surface area contributed by atoms with Gasteiger partial charge in [0.15, 0.2) is 0 Å². The predicted molar refractivity (Wildman–Crippen MR) is 49.9 cm³/mol. The summed E-state index contributed by atoms with van der Waals surface area (Å²) in [5.41, 5.74) is 0. The van der Waals surface area contributed by atoms with Crippen LogP contribution in [0.2, 0.25) is 0 Å². The number of piperidine rings is 1. The minimum absolute atomic E-state index is 0.0119. The van der Waals surface area contributed by atoms with Crippen LogP contribution in [0, 0.1) is 11.3 Å². The molecule has 0 N–H and O–H groups in total. The minimum Gasteiger partial charge on any atom is -0.336 e. The Morgan fingerprint density at radius 1 is 1.46 bits per heavy atom. The maximum Gasteiger partial charge on any atom is 0.237 e. The number of carbonyl (C=O) groups is 1. The number of nitrogens with zero attached hydrogens (tertiary/aromatic N) is 2. The van der Waals surface area contributed by atoms with Gasteiger partial charge in [0.05, 0.1) is 6.07 Å². The first-order valence-electron chi connectivity index (χ1n) is 4.85. The average molecular weight is 180 g/mol. The highest BCUT2D eigenvalue weighted by atomic mass is 16.2. The van der Waals surface area contributed by atoms with Crippen LogP contribution in [-0.4, -0.2) is 22.9 Å². The lowest BCUT2D eigenvalue weighted by Crippen LogP contribution is -2.47. The lowest BCUT2D eigenvalue weighted by atomic mass is 9.97. The molecule has 1 aliphatic rings. The molecule has 0 aliphatic carbocycles. The van der Waals surface area contributed by atoms with Gasteiger partial charge in [0.2, 0.25) is 5.91 Å². The molecule has 72 valence electrons. The zero-order valence-electron chi connectivity index (χ0n) is 8.29. The molecule has 1 fully saturated rings. The second-order valence-electron chi connectivity index (χ2n) is 3.76. The molecule has 0 unspecified atom stereocenters. The van der Waals surface area contributed by atoms with Crippen LogP contribution in [0.5, 0.6) is 0 Å². The fourth-order valence-electron chi connectivity index (χ4n) is 2.07. The zero-order chi connectivity index (χ0) is 9.84. The van der Waals surface area contributed by atoms with Crippen LogP contribution in [-0.2, 0) is 4.79 Å². The Labute approximate surface area is 79.3 Å². The quantitative estimate of drug-likeness (QED) is 0.616. The largest absolute Gasteiger partial charge is 0.336 e. The van der Waals surface area contributed by atoms with E-state index < -0.39 is 0 Å². The minimum atomic E-state index is -0.0119. The van der Waals surface area contributed by atoms with Gasteiger partial charge in [-0.2, -0.15) is 5.26 Å². The van der Waals surface area contributed by atoms with Crippen LogP contribution in [0.4, 0.5) is 0 Å². The predicted octanol–water partition coefficient (Wildman–Crippen LogP) is 1.69. The molecule has 3 nitrogen and oxygen atoms in total. The highest BCUT2D eigenvalue weighted by Crippen LogP contribution is 2.22. The molecule has 0 aromatic carbocycles. The van der Waals surface area contributed by atoms with E-state index in [2.05, 4.69) is 13.8 Å². The first-order chi connectivity index (χ1) is 6.16. The third kappa shape index (κ3) is 2.21. The maximum atomic E-state index is 11.5. The topological polar surface area (TPSA) is 44.1 Å². The Kier molecular flexibility index (Phi) is 3.30. The van der Waals surface area contributed by atoms with Gasteiger partial charge in [-0.1, -0.05) is 0 Å². The summed E-state index contributed by atoms with van der Waals surface area (Å²) in [6, 6.07) is 2.53. The van der Waals surface area contributed by atoms with E-state index in [1.165, 1.54) is 6.42 Å². The van der Waals surface area contributed by atoms with Crippen LogP contribution >= 0.6 is 0 Å². The van der Waals surface area contributed by atoms with Crippen LogP contribution in [0.25, 0.3) is 0 Å². The summed E-state index contributed by atoms with van der Waals surface area (Å²) in [6.07, 6.45) is 3.36. The highest BCUT2D eigenvalue weighted by Gasteiger charge is 2.28. The lowest BCUT2D eigenvalue weighted by Gasteiger charge is -2.38. The van der Waals surface area contributed by atoms with Crippen molar-refractivity contribution in [3.63, 3.8) is 0 Å². The smallest absolute Gasteiger partial charge is 0.237 e. The van der Waals surface area contributed by atoms with E-state index in [1.807, 2.05) is 11.0 Å². The molecule has 1 rings (SSSR count). The molecule has 0 aromatic rings. The Hall–Kier alpha value is -1.04. The van der Waals surface area contributed by atoms with E-state index in [0.29, 0.717) is 12.1 Å². The summed E-state index contributed by atoms with van der Waals surface area (Å²) in [7, 11) is 0. The van der Waals surface area contributed by atoms with Crippen LogP contribution < -0.4 is 0 Å². The molecular weight excluding hydrogens is 164 g/mol. The van der Waals surface area contributed by atoms with Crippen molar-refractivity contribution >= 4 is 5.91 Å². The molecule has 13 heavy (non-hydrogen) atoms. The van der Waals surface area contributed by atoms with Crippen molar-refractivity contribution in [1.82, 2.24) is 4.90 Å². The van der Waals surface area contributed by atoms with E-state index >= 15 is 0 Å². The second kappa shape index (κ2) is 4.27. The molecule has 0 saturated carbocycles. The fraction of sp³-hybridized carbons (Fsp3) is 0.800. The highest BCUT2D eigenvalue weighted by molar-refractivity contribution is 5.78. The number of hydrogen-bond acceptors (Lipinski definition) is 2. The van der Waals surface area contributed by atoms with Gasteiger partial charge >= 0.3 is 0 Å². The monoisotopic (exact) mass is 180 g/mol. The van der Waals surface area contributed by atoms with Crippen LogP contribution in [0.15, 0.2) is 0 Å². The fourth-order valence-corrected chi connectivity index (χ4v) is 2.07. The summed E-state index contributed by atoms with van der Waals surface area (Å²) in [5, 5.41) is 8.44. The SMILES string of the molecule is C[C@@H]1CCC[C@H](C)N1C(=O)CC#N. The standard InChI is InChI=1S/C10H16N2O/c1-8-4-3-5-9(2)12(8)10(13)6-7-11/h8-9H,3-6H2,1-2H3/t8-,9+. The average Bonchev–Trinajstić information content (AvgIpc) is 2.04. The van der Waals surface area contributed by atoms with Crippen molar-refractivity contribution in [3.05, 3.63) is 0 Å². The number of carbonyl (C=O) groups excluding carboxylic acids is 1. The van der Waals surface area contributed by atoms with Gasteiger partial charge in [-0.25, -0.2) is 0 Å². The molecule has 1 amide bonds. The van der Waals surface area contributed by atoms with Crippen molar-refractivity contribution in [1.29, 1.82) is 5.26 Å². The molecule has 1 saturated heterocycles.